The van der Waals surface area contributed by atoms with E-state index >= 15 is 0 Å². The lowest BCUT2D eigenvalue weighted by Gasteiger charge is -2.20. The number of halogens is 1. The molecule has 0 bridgehead atoms. The zero-order valence-electron chi connectivity index (χ0n) is 12.0. The van der Waals surface area contributed by atoms with E-state index in [-0.39, 0.29) is 12.3 Å². The Kier molecular flexibility index (Phi) is 4.89. The molecule has 0 aliphatic carbocycles. The molecule has 1 aromatic carbocycles. The Morgan fingerprint density at radius 3 is 2.26 bits per heavy atom. The summed E-state index contributed by atoms with van der Waals surface area (Å²) in [6, 6.07) is 3.04. The van der Waals surface area contributed by atoms with Gasteiger partial charge in [0, 0.05) is 11.6 Å². The van der Waals surface area contributed by atoms with Crippen LogP contribution in [0, 0.1) is 0 Å². The monoisotopic (exact) mass is 269 g/mol. The number of methoxy groups -OCH3 is 2. The van der Waals surface area contributed by atoms with E-state index in [9.17, 15) is 9.18 Å². The topological polar surface area (TPSA) is 47.6 Å². The van der Waals surface area contributed by atoms with Gasteiger partial charge in [-0.2, -0.15) is 0 Å². The summed E-state index contributed by atoms with van der Waals surface area (Å²) in [7, 11) is 4.60. The van der Waals surface area contributed by atoms with Crippen molar-refractivity contribution in [2.45, 2.75) is 19.5 Å². The van der Waals surface area contributed by atoms with E-state index in [0.717, 1.165) is 0 Å². The van der Waals surface area contributed by atoms with Crippen LogP contribution in [0.2, 0.25) is 0 Å². The zero-order chi connectivity index (χ0) is 14.6. The summed E-state index contributed by atoms with van der Waals surface area (Å²) < 4.78 is 24.5. The molecule has 0 radical (unpaired) electrons. The predicted octanol–water partition coefficient (Wildman–Crippen LogP) is 2.31. The Balaban J connectivity index is 3.42. The molecule has 0 spiro atoms. The molecule has 5 heteroatoms. The molecule has 19 heavy (non-hydrogen) atoms. The fourth-order valence-corrected chi connectivity index (χ4v) is 1.84. The Hall–Kier alpha value is -1.62. The second-order valence-electron chi connectivity index (χ2n) is 4.68. The number of alkyl halides is 1. The summed E-state index contributed by atoms with van der Waals surface area (Å²) in [6.45, 7) is 3.00. The Bertz CT molecular complexity index is 466. The number of rotatable bonds is 6. The second-order valence-corrected chi connectivity index (χ2v) is 4.68. The van der Waals surface area contributed by atoms with Gasteiger partial charge in [0.25, 0.3) is 0 Å². The van der Waals surface area contributed by atoms with E-state index in [1.165, 1.54) is 34.1 Å². The van der Waals surface area contributed by atoms with Crippen molar-refractivity contribution in [2.24, 2.45) is 0 Å². The van der Waals surface area contributed by atoms with E-state index in [4.69, 9.17) is 9.47 Å². The lowest BCUT2D eigenvalue weighted by atomic mass is 9.95. The molecule has 1 rings (SSSR count). The highest BCUT2D eigenvalue weighted by Crippen LogP contribution is 2.37. The smallest absolute Gasteiger partial charge is 0.180 e. The number of hydrogen-bond acceptors (Lipinski definition) is 4. The molecule has 106 valence electrons. The van der Waals surface area contributed by atoms with Crippen molar-refractivity contribution < 1.29 is 18.7 Å². The summed E-state index contributed by atoms with van der Waals surface area (Å²) in [6.07, 6.45) is 0. The van der Waals surface area contributed by atoms with Gasteiger partial charge in [-0.1, -0.05) is 0 Å². The third-order valence-corrected chi connectivity index (χ3v) is 2.80. The SMILES string of the molecule is CNCC(=O)c1cc(C(C)(C)F)c(OC)cc1OC. The van der Waals surface area contributed by atoms with Crippen LogP contribution in [-0.4, -0.2) is 33.6 Å². The van der Waals surface area contributed by atoms with Crippen molar-refractivity contribution >= 4 is 5.78 Å². The number of likely N-dealkylation sites (N-methyl/N-ethyl adjacent to an activating group) is 1. The molecular weight excluding hydrogens is 249 g/mol. The van der Waals surface area contributed by atoms with E-state index in [1.54, 1.807) is 13.1 Å². The van der Waals surface area contributed by atoms with Crippen molar-refractivity contribution in [1.82, 2.24) is 5.32 Å². The van der Waals surface area contributed by atoms with Gasteiger partial charge in [-0.05, 0) is 27.0 Å². The van der Waals surface area contributed by atoms with Gasteiger partial charge in [0.1, 0.15) is 17.2 Å². The quantitative estimate of drug-likeness (QED) is 0.805. The third kappa shape index (κ3) is 3.44. The van der Waals surface area contributed by atoms with Gasteiger partial charge in [-0.15, -0.1) is 0 Å². The number of benzene rings is 1. The van der Waals surface area contributed by atoms with Crippen LogP contribution in [0.3, 0.4) is 0 Å². The molecule has 0 amide bonds. The fraction of sp³-hybridized carbons (Fsp3) is 0.500. The summed E-state index contributed by atoms with van der Waals surface area (Å²) >= 11 is 0. The van der Waals surface area contributed by atoms with Crippen LogP contribution < -0.4 is 14.8 Å². The molecule has 0 heterocycles. The second kappa shape index (κ2) is 6.02. The van der Waals surface area contributed by atoms with Crippen molar-refractivity contribution in [1.29, 1.82) is 0 Å². The van der Waals surface area contributed by atoms with Crippen LogP contribution >= 0.6 is 0 Å². The van der Waals surface area contributed by atoms with Crippen LogP contribution in [0.4, 0.5) is 4.39 Å². The Morgan fingerprint density at radius 1 is 1.26 bits per heavy atom. The average molecular weight is 269 g/mol. The summed E-state index contributed by atoms with van der Waals surface area (Å²) in [4.78, 5) is 12.0. The largest absolute Gasteiger partial charge is 0.496 e. The normalized spacial score (nSPS) is 11.3. The van der Waals surface area contributed by atoms with Gasteiger partial charge < -0.3 is 14.8 Å². The molecule has 0 aliphatic heterocycles. The van der Waals surface area contributed by atoms with Crippen LogP contribution in [-0.2, 0) is 5.67 Å². The first-order valence-corrected chi connectivity index (χ1v) is 5.98. The highest BCUT2D eigenvalue weighted by molar-refractivity contribution is 6.00. The first-order valence-electron chi connectivity index (χ1n) is 5.98. The van der Waals surface area contributed by atoms with Gasteiger partial charge in [-0.25, -0.2) is 4.39 Å². The number of hydrogen-bond donors (Lipinski definition) is 1. The molecule has 0 saturated carbocycles. The standard InChI is InChI=1S/C14H20FNO3/c1-14(2,15)10-6-9(11(17)8-16-3)12(18-4)7-13(10)19-5/h6-7,16H,8H2,1-5H3. The van der Waals surface area contributed by atoms with Gasteiger partial charge in [-0.3, -0.25) is 4.79 Å². The lowest BCUT2D eigenvalue weighted by molar-refractivity contribution is 0.0990. The zero-order valence-corrected chi connectivity index (χ0v) is 12.0. The average Bonchev–Trinajstić information content (AvgIpc) is 2.36. The molecule has 0 aromatic heterocycles. The van der Waals surface area contributed by atoms with Gasteiger partial charge in [0.05, 0.1) is 26.3 Å². The molecule has 0 atom stereocenters. The maximum absolute atomic E-state index is 14.2. The fourth-order valence-electron chi connectivity index (χ4n) is 1.84. The summed E-state index contributed by atoms with van der Waals surface area (Å²) in [5.41, 5.74) is -0.930. The lowest BCUT2D eigenvalue weighted by Crippen LogP contribution is -2.20. The summed E-state index contributed by atoms with van der Waals surface area (Å²) in [5, 5.41) is 2.77. The number of ketones is 1. The molecule has 1 aromatic rings. The number of ether oxygens (including phenoxy) is 2. The van der Waals surface area contributed by atoms with E-state index in [1.807, 2.05) is 0 Å². The number of carbonyl (C=O) groups is 1. The van der Waals surface area contributed by atoms with Crippen LogP contribution in [0.15, 0.2) is 12.1 Å². The molecule has 0 fully saturated rings. The van der Waals surface area contributed by atoms with Crippen molar-refractivity contribution in [3.05, 3.63) is 23.3 Å². The Morgan fingerprint density at radius 2 is 1.84 bits per heavy atom. The predicted molar refractivity (Wildman–Crippen MR) is 71.9 cm³/mol. The van der Waals surface area contributed by atoms with Crippen LogP contribution in [0.5, 0.6) is 11.5 Å². The number of carbonyl (C=O) groups excluding carboxylic acids is 1. The van der Waals surface area contributed by atoms with E-state index in [2.05, 4.69) is 5.32 Å². The number of nitrogens with one attached hydrogen (secondary N) is 1. The highest BCUT2D eigenvalue weighted by atomic mass is 19.1. The van der Waals surface area contributed by atoms with Gasteiger partial charge >= 0.3 is 0 Å². The maximum Gasteiger partial charge on any atom is 0.180 e. The summed E-state index contributed by atoms with van der Waals surface area (Å²) in [5.74, 6) is 0.586. The van der Waals surface area contributed by atoms with Crippen molar-refractivity contribution in [3.8, 4) is 11.5 Å². The van der Waals surface area contributed by atoms with Crippen molar-refractivity contribution in [3.63, 3.8) is 0 Å². The highest BCUT2D eigenvalue weighted by Gasteiger charge is 2.27. The molecule has 4 nitrogen and oxygen atoms in total. The first kappa shape index (κ1) is 15.4. The minimum Gasteiger partial charge on any atom is -0.496 e. The van der Waals surface area contributed by atoms with Crippen LogP contribution in [0.1, 0.15) is 29.8 Å². The maximum atomic E-state index is 14.2. The van der Waals surface area contributed by atoms with Crippen molar-refractivity contribution in [2.75, 3.05) is 27.8 Å². The van der Waals surface area contributed by atoms with E-state index < -0.39 is 5.67 Å². The first-order chi connectivity index (χ1) is 8.85. The molecular formula is C14H20FNO3. The van der Waals surface area contributed by atoms with Gasteiger partial charge in [0.15, 0.2) is 5.78 Å². The molecule has 1 N–H and O–H groups in total. The Labute approximate surface area is 112 Å². The molecule has 0 unspecified atom stereocenters. The van der Waals surface area contributed by atoms with Crippen LogP contribution in [0.25, 0.3) is 0 Å². The molecule has 0 saturated heterocycles. The van der Waals surface area contributed by atoms with E-state index in [0.29, 0.717) is 22.6 Å². The third-order valence-electron chi connectivity index (χ3n) is 2.80. The van der Waals surface area contributed by atoms with Gasteiger partial charge in [0.2, 0.25) is 0 Å². The number of Topliss-reactive ketones (excluding diaryl/α,β-unsaturated/α-hetero) is 1. The minimum atomic E-state index is -1.60. The molecule has 0 aliphatic rings. The minimum absolute atomic E-state index is 0.160.